The Kier molecular flexibility index (Phi) is 3.80. The van der Waals surface area contributed by atoms with Crippen LogP contribution in [0.3, 0.4) is 0 Å². The summed E-state index contributed by atoms with van der Waals surface area (Å²) >= 11 is 5.09. The molecule has 4 heteroatoms. The van der Waals surface area contributed by atoms with Crippen LogP contribution in [0.5, 0.6) is 0 Å². The van der Waals surface area contributed by atoms with Crippen LogP contribution in [0.4, 0.5) is 5.69 Å². The summed E-state index contributed by atoms with van der Waals surface area (Å²) < 4.78 is 0. The number of nitrogens with zero attached hydrogens (tertiary/aromatic N) is 1. The average Bonchev–Trinajstić information content (AvgIpc) is 2.18. The Morgan fingerprint density at radius 3 is 2.20 bits per heavy atom. The summed E-state index contributed by atoms with van der Waals surface area (Å²) in [7, 11) is 3.75. The summed E-state index contributed by atoms with van der Waals surface area (Å²) in [5, 5.41) is 3.70. The quantitative estimate of drug-likeness (QED) is 0.614. The third-order valence-electron chi connectivity index (χ3n) is 1.95. The number of ketones is 1. The molecule has 0 spiro atoms. The standard InChI is InChI=1S/C11H14N2OS/c1-8(14)9-4-6-10(7-5-9)12-11(15)13(2)3/h4-7H,1-3H3,(H,12,15). The number of anilines is 1. The number of carbonyl (C=O) groups is 1. The second kappa shape index (κ2) is 4.89. The third-order valence-corrected chi connectivity index (χ3v) is 2.42. The molecule has 1 N–H and O–H groups in total. The topological polar surface area (TPSA) is 32.3 Å². The second-order valence-electron chi connectivity index (χ2n) is 3.46. The van der Waals surface area contributed by atoms with Crippen LogP contribution >= 0.6 is 12.2 Å². The minimum absolute atomic E-state index is 0.0664. The van der Waals surface area contributed by atoms with Crippen LogP contribution in [-0.4, -0.2) is 29.9 Å². The predicted octanol–water partition coefficient (Wildman–Crippen LogP) is 2.15. The minimum atomic E-state index is 0.0664. The molecule has 0 aliphatic heterocycles. The van der Waals surface area contributed by atoms with Crippen molar-refractivity contribution in [2.45, 2.75) is 6.92 Å². The Bertz CT molecular complexity index is 371. The highest BCUT2D eigenvalue weighted by atomic mass is 32.1. The molecule has 0 bridgehead atoms. The first kappa shape index (κ1) is 11.7. The Morgan fingerprint density at radius 2 is 1.80 bits per heavy atom. The van der Waals surface area contributed by atoms with Crippen molar-refractivity contribution in [2.75, 3.05) is 19.4 Å². The zero-order valence-corrected chi connectivity index (χ0v) is 9.89. The largest absolute Gasteiger partial charge is 0.355 e. The molecule has 1 aromatic carbocycles. The highest BCUT2D eigenvalue weighted by Crippen LogP contribution is 2.10. The molecule has 0 saturated carbocycles. The van der Waals surface area contributed by atoms with Crippen molar-refractivity contribution in [3.05, 3.63) is 29.8 Å². The Balaban J connectivity index is 2.73. The number of nitrogens with one attached hydrogen (secondary N) is 1. The minimum Gasteiger partial charge on any atom is -0.355 e. The Morgan fingerprint density at radius 1 is 1.27 bits per heavy atom. The van der Waals surface area contributed by atoms with E-state index in [0.717, 1.165) is 5.69 Å². The summed E-state index contributed by atoms with van der Waals surface area (Å²) in [5.41, 5.74) is 1.59. The van der Waals surface area contributed by atoms with Crippen LogP contribution in [0.25, 0.3) is 0 Å². The lowest BCUT2D eigenvalue weighted by Crippen LogP contribution is -2.26. The van der Waals surface area contributed by atoms with Crippen LogP contribution < -0.4 is 5.32 Å². The van der Waals surface area contributed by atoms with Crippen molar-refractivity contribution in [2.24, 2.45) is 0 Å². The molecule has 0 saturated heterocycles. The van der Waals surface area contributed by atoms with Crippen LogP contribution in [0, 0.1) is 0 Å². The van der Waals surface area contributed by atoms with Gasteiger partial charge in [-0.3, -0.25) is 4.79 Å². The van der Waals surface area contributed by atoms with Crippen LogP contribution in [0.15, 0.2) is 24.3 Å². The summed E-state index contributed by atoms with van der Waals surface area (Å²) in [4.78, 5) is 12.8. The van der Waals surface area contributed by atoms with Gasteiger partial charge in [-0.1, -0.05) is 0 Å². The fourth-order valence-corrected chi connectivity index (χ4v) is 1.14. The number of benzene rings is 1. The molecule has 1 rings (SSSR count). The molecule has 3 nitrogen and oxygen atoms in total. The smallest absolute Gasteiger partial charge is 0.172 e. The van der Waals surface area contributed by atoms with Crippen LogP contribution in [-0.2, 0) is 0 Å². The lowest BCUT2D eigenvalue weighted by atomic mass is 10.1. The molecule has 0 fully saturated rings. The molecule has 0 aliphatic carbocycles. The van der Waals surface area contributed by atoms with Gasteiger partial charge in [-0.2, -0.15) is 0 Å². The molecular formula is C11H14N2OS. The van der Waals surface area contributed by atoms with Crippen molar-refractivity contribution in [3.8, 4) is 0 Å². The van der Waals surface area contributed by atoms with E-state index >= 15 is 0 Å². The molecule has 0 amide bonds. The number of hydrogen-bond donors (Lipinski definition) is 1. The van der Waals surface area contributed by atoms with Gasteiger partial charge in [0.25, 0.3) is 0 Å². The maximum atomic E-state index is 11.0. The number of rotatable bonds is 2. The average molecular weight is 222 g/mol. The number of hydrogen-bond acceptors (Lipinski definition) is 2. The summed E-state index contributed by atoms with van der Waals surface area (Å²) in [5.74, 6) is 0.0664. The van der Waals surface area contributed by atoms with E-state index in [2.05, 4.69) is 5.32 Å². The predicted molar refractivity (Wildman–Crippen MR) is 66.4 cm³/mol. The molecule has 0 heterocycles. The molecule has 0 radical (unpaired) electrons. The van der Waals surface area contributed by atoms with Crippen molar-refractivity contribution in [3.63, 3.8) is 0 Å². The van der Waals surface area contributed by atoms with Crippen molar-refractivity contribution in [1.29, 1.82) is 0 Å². The van der Waals surface area contributed by atoms with Gasteiger partial charge < -0.3 is 10.2 Å². The van der Waals surface area contributed by atoms with Gasteiger partial charge in [0, 0.05) is 25.3 Å². The SMILES string of the molecule is CC(=O)c1ccc(NC(=S)N(C)C)cc1. The highest BCUT2D eigenvalue weighted by Gasteiger charge is 2.01. The van der Waals surface area contributed by atoms with E-state index in [1.807, 2.05) is 31.1 Å². The van der Waals surface area contributed by atoms with Crippen molar-refractivity contribution in [1.82, 2.24) is 4.90 Å². The fourth-order valence-electron chi connectivity index (χ4n) is 1.02. The summed E-state index contributed by atoms with van der Waals surface area (Å²) in [6, 6.07) is 7.24. The normalized spacial score (nSPS) is 9.53. The molecule has 0 aromatic heterocycles. The fraction of sp³-hybridized carbons (Fsp3) is 0.273. The zero-order valence-electron chi connectivity index (χ0n) is 9.07. The van der Waals surface area contributed by atoms with Crippen molar-refractivity contribution < 1.29 is 4.79 Å². The van der Waals surface area contributed by atoms with Gasteiger partial charge in [0.2, 0.25) is 0 Å². The van der Waals surface area contributed by atoms with Gasteiger partial charge in [-0.15, -0.1) is 0 Å². The van der Waals surface area contributed by atoms with Gasteiger partial charge in [-0.25, -0.2) is 0 Å². The van der Waals surface area contributed by atoms with E-state index in [0.29, 0.717) is 10.7 Å². The van der Waals surface area contributed by atoms with Crippen molar-refractivity contribution >= 4 is 28.8 Å². The zero-order chi connectivity index (χ0) is 11.4. The summed E-state index contributed by atoms with van der Waals surface area (Å²) in [6.07, 6.45) is 0. The molecule has 15 heavy (non-hydrogen) atoms. The number of Topliss-reactive ketones (excluding diaryl/α,β-unsaturated/α-hetero) is 1. The van der Waals surface area contributed by atoms with E-state index in [9.17, 15) is 4.79 Å². The maximum absolute atomic E-state index is 11.0. The van der Waals surface area contributed by atoms with Gasteiger partial charge in [0.15, 0.2) is 10.9 Å². The molecule has 80 valence electrons. The van der Waals surface area contributed by atoms with Gasteiger partial charge in [-0.05, 0) is 43.4 Å². The second-order valence-corrected chi connectivity index (χ2v) is 3.84. The first-order valence-electron chi connectivity index (χ1n) is 4.60. The first-order valence-corrected chi connectivity index (χ1v) is 5.01. The first-order chi connectivity index (χ1) is 7.00. The lowest BCUT2D eigenvalue weighted by molar-refractivity contribution is 0.101. The van der Waals surface area contributed by atoms with E-state index in [4.69, 9.17) is 12.2 Å². The van der Waals surface area contributed by atoms with Gasteiger partial charge in [0.1, 0.15) is 0 Å². The van der Waals surface area contributed by atoms with Gasteiger partial charge in [0.05, 0.1) is 0 Å². The maximum Gasteiger partial charge on any atom is 0.172 e. The molecule has 0 aliphatic rings. The van der Waals surface area contributed by atoms with E-state index in [1.54, 1.807) is 19.1 Å². The highest BCUT2D eigenvalue weighted by molar-refractivity contribution is 7.80. The molecule has 1 aromatic rings. The number of thiocarbonyl (C=S) groups is 1. The Hall–Kier alpha value is -1.42. The third kappa shape index (κ3) is 3.32. The van der Waals surface area contributed by atoms with E-state index in [1.165, 1.54) is 0 Å². The molecule has 0 unspecified atom stereocenters. The van der Waals surface area contributed by atoms with Gasteiger partial charge >= 0.3 is 0 Å². The van der Waals surface area contributed by atoms with E-state index in [-0.39, 0.29) is 5.78 Å². The monoisotopic (exact) mass is 222 g/mol. The van der Waals surface area contributed by atoms with Crippen LogP contribution in [0.2, 0.25) is 0 Å². The number of carbonyl (C=O) groups excluding carboxylic acids is 1. The molecular weight excluding hydrogens is 208 g/mol. The van der Waals surface area contributed by atoms with Crippen LogP contribution in [0.1, 0.15) is 17.3 Å². The molecule has 0 atom stereocenters. The van der Waals surface area contributed by atoms with E-state index < -0.39 is 0 Å². The lowest BCUT2D eigenvalue weighted by Gasteiger charge is -2.15. The summed E-state index contributed by atoms with van der Waals surface area (Å²) in [6.45, 7) is 1.55. The Labute approximate surface area is 95.1 Å².